The zero-order valence-electron chi connectivity index (χ0n) is 18.2. The maximum absolute atomic E-state index is 13.3. The van der Waals surface area contributed by atoms with Crippen LogP contribution in [0.5, 0.6) is 0 Å². The second-order valence-corrected chi connectivity index (χ2v) is 8.65. The Kier molecular flexibility index (Phi) is 9.39. The van der Waals surface area contributed by atoms with Crippen LogP contribution in [-0.2, 0) is 22.7 Å². The molecule has 0 spiro atoms. The van der Waals surface area contributed by atoms with Crippen LogP contribution in [0, 0.1) is 6.92 Å². The van der Waals surface area contributed by atoms with Gasteiger partial charge in [-0.1, -0.05) is 50.6 Å². The van der Waals surface area contributed by atoms with E-state index >= 15 is 0 Å². The summed E-state index contributed by atoms with van der Waals surface area (Å²) in [6, 6.07) is 12.2. The van der Waals surface area contributed by atoms with Crippen LogP contribution in [0.25, 0.3) is 0 Å². The van der Waals surface area contributed by atoms with Crippen molar-refractivity contribution in [1.29, 1.82) is 0 Å². The first kappa shape index (κ1) is 23.1. The van der Waals surface area contributed by atoms with Crippen molar-refractivity contribution in [3.8, 4) is 0 Å². The van der Waals surface area contributed by atoms with Gasteiger partial charge in [-0.15, -0.1) is 11.3 Å². The first-order valence-corrected chi connectivity index (χ1v) is 11.5. The SMILES string of the molecule is CCCCC(=O)N(CC(=O)N(Cc1ccccc1)Cc1sccc1C)C(C)CC. The number of nitrogens with zero attached hydrogens (tertiary/aromatic N) is 2. The smallest absolute Gasteiger partial charge is 0.242 e. The van der Waals surface area contributed by atoms with Crippen molar-refractivity contribution in [1.82, 2.24) is 9.80 Å². The molecular formula is C24H34N2O2S. The van der Waals surface area contributed by atoms with Crippen LogP contribution in [0.15, 0.2) is 41.8 Å². The summed E-state index contributed by atoms with van der Waals surface area (Å²) in [7, 11) is 0. The van der Waals surface area contributed by atoms with Crippen molar-refractivity contribution >= 4 is 23.2 Å². The number of aryl methyl sites for hydroxylation is 1. The summed E-state index contributed by atoms with van der Waals surface area (Å²) in [4.78, 5) is 30.9. The van der Waals surface area contributed by atoms with Gasteiger partial charge in [0.15, 0.2) is 0 Å². The van der Waals surface area contributed by atoms with E-state index in [-0.39, 0.29) is 24.4 Å². The highest BCUT2D eigenvalue weighted by Crippen LogP contribution is 2.20. The Morgan fingerprint density at radius 2 is 1.76 bits per heavy atom. The van der Waals surface area contributed by atoms with E-state index in [1.165, 1.54) is 10.4 Å². The lowest BCUT2D eigenvalue weighted by atomic mass is 10.1. The number of rotatable bonds is 11. The molecule has 1 aromatic carbocycles. The number of hydrogen-bond acceptors (Lipinski definition) is 3. The van der Waals surface area contributed by atoms with Gasteiger partial charge in [-0.3, -0.25) is 9.59 Å². The highest BCUT2D eigenvalue weighted by molar-refractivity contribution is 7.10. The normalized spacial score (nSPS) is 11.9. The number of hydrogen-bond donors (Lipinski definition) is 0. The second kappa shape index (κ2) is 11.8. The van der Waals surface area contributed by atoms with Crippen LogP contribution >= 0.6 is 11.3 Å². The Balaban J connectivity index is 2.19. The quantitative estimate of drug-likeness (QED) is 0.494. The molecule has 29 heavy (non-hydrogen) atoms. The Labute approximate surface area is 179 Å². The maximum Gasteiger partial charge on any atom is 0.242 e. The van der Waals surface area contributed by atoms with Gasteiger partial charge in [0.25, 0.3) is 0 Å². The largest absolute Gasteiger partial charge is 0.332 e. The molecule has 1 unspecified atom stereocenters. The first-order valence-electron chi connectivity index (χ1n) is 10.6. The van der Waals surface area contributed by atoms with E-state index in [2.05, 4.69) is 32.2 Å². The third kappa shape index (κ3) is 7.00. The number of carbonyl (C=O) groups is 2. The highest BCUT2D eigenvalue weighted by Gasteiger charge is 2.25. The molecule has 0 saturated carbocycles. The topological polar surface area (TPSA) is 40.6 Å². The minimum absolute atomic E-state index is 0.00630. The van der Waals surface area contributed by atoms with Gasteiger partial charge in [0, 0.05) is 23.9 Å². The molecule has 0 fully saturated rings. The van der Waals surface area contributed by atoms with E-state index < -0.39 is 0 Å². The molecule has 2 rings (SSSR count). The lowest BCUT2D eigenvalue weighted by molar-refractivity contribution is -0.143. The second-order valence-electron chi connectivity index (χ2n) is 7.64. The van der Waals surface area contributed by atoms with Crippen LogP contribution < -0.4 is 0 Å². The third-order valence-electron chi connectivity index (χ3n) is 5.36. The number of thiophene rings is 1. The molecule has 5 heteroatoms. The fraction of sp³-hybridized carbons (Fsp3) is 0.500. The summed E-state index contributed by atoms with van der Waals surface area (Å²) < 4.78 is 0. The van der Waals surface area contributed by atoms with Crippen LogP contribution in [0.2, 0.25) is 0 Å². The van der Waals surface area contributed by atoms with Gasteiger partial charge in [0.05, 0.1) is 6.54 Å². The van der Waals surface area contributed by atoms with Crippen molar-refractivity contribution in [3.63, 3.8) is 0 Å². The average molecular weight is 415 g/mol. The molecule has 0 aliphatic rings. The molecule has 0 saturated heterocycles. The van der Waals surface area contributed by atoms with Crippen molar-refractivity contribution in [2.75, 3.05) is 6.54 Å². The van der Waals surface area contributed by atoms with Crippen LogP contribution in [0.4, 0.5) is 0 Å². The van der Waals surface area contributed by atoms with Crippen molar-refractivity contribution < 1.29 is 9.59 Å². The first-order chi connectivity index (χ1) is 14.0. The summed E-state index contributed by atoms with van der Waals surface area (Å²) in [6.07, 6.45) is 3.19. The molecule has 0 aliphatic heterocycles. The summed E-state index contributed by atoms with van der Waals surface area (Å²) in [5, 5.41) is 2.07. The molecule has 0 radical (unpaired) electrons. The minimum Gasteiger partial charge on any atom is -0.332 e. The van der Waals surface area contributed by atoms with Crippen LogP contribution in [-0.4, -0.2) is 34.2 Å². The zero-order chi connectivity index (χ0) is 21.2. The van der Waals surface area contributed by atoms with Gasteiger partial charge in [0.1, 0.15) is 6.54 Å². The van der Waals surface area contributed by atoms with Crippen molar-refractivity contribution in [2.45, 2.75) is 72.5 Å². The Hall–Kier alpha value is -2.14. The fourth-order valence-electron chi connectivity index (χ4n) is 3.20. The molecule has 2 amide bonds. The lowest BCUT2D eigenvalue weighted by Crippen LogP contribution is -2.46. The molecule has 0 aliphatic carbocycles. The summed E-state index contributed by atoms with van der Waals surface area (Å²) in [6.45, 7) is 9.53. The average Bonchev–Trinajstić information content (AvgIpc) is 3.14. The van der Waals surface area contributed by atoms with Gasteiger partial charge >= 0.3 is 0 Å². The molecular weight excluding hydrogens is 380 g/mol. The van der Waals surface area contributed by atoms with E-state index in [1.54, 1.807) is 16.2 Å². The molecule has 158 valence electrons. The standard InChI is InChI=1S/C24H34N2O2S/c1-5-7-13-23(27)26(20(4)6-2)18-24(28)25(16-21-11-9-8-10-12-21)17-22-19(3)14-15-29-22/h8-12,14-15,20H,5-7,13,16-18H2,1-4H3. The van der Waals surface area contributed by atoms with E-state index in [0.29, 0.717) is 19.5 Å². The molecule has 4 nitrogen and oxygen atoms in total. The maximum atomic E-state index is 13.3. The summed E-state index contributed by atoms with van der Waals surface area (Å²) in [5.41, 5.74) is 2.31. The number of carbonyl (C=O) groups excluding carboxylic acids is 2. The predicted octanol–water partition coefficient (Wildman–Crippen LogP) is 5.40. The summed E-state index contributed by atoms with van der Waals surface area (Å²) in [5.74, 6) is 0.0910. The Bertz CT molecular complexity index is 772. The molecule has 0 bridgehead atoms. The van der Waals surface area contributed by atoms with Crippen LogP contribution in [0.3, 0.4) is 0 Å². The Morgan fingerprint density at radius 3 is 2.34 bits per heavy atom. The monoisotopic (exact) mass is 414 g/mol. The Morgan fingerprint density at radius 1 is 1.03 bits per heavy atom. The van der Waals surface area contributed by atoms with Gasteiger partial charge in [-0.05, 0) is 49.3 Å². The van der Waals surface area contributed by atoms with Crippen molar-refractivity contribution in [2.24, 2.45) is 0 Å². The van der Waals surface area contributed by atoms with Gasteiger partial charge in [0.2, 0.25) is 11.8 Å². The molecule has 1 heterocycles. The summed E-state index contributed by atoms with van der Waals surface area (Å²) >= 11 is 1.68. The fourth-order valence-corrected chi connectivity index (χ4v) is 4.12. The van der Waals surface area contributed by atoms with E-state index in [0.717, 1.165) is 24.8 Å². The van der Waals surface area contributed by atoms with Gasteiger partial charge in [-0.2, -0.15) is 0 Å². The number of amides is 2. The molecule has 2 aromatic rings. The predicted molar refractivity (Wildman–Crippen MR) is 121 cm³/mol. The van der Waals surface area contributed by atoms with E-state index in [9.17, 15) is 9.59 Å². The van der Waals surface area contributed by atoms with Gasteiger partial charge in [-0.25, -0.2) is 0 Å². The van der Waals surface area contributed by atoms with Crippen LogP contribution in [0.1, 0.15) is 62.5 Å². The van der Waals surface area contributed by atoms with Gasteiger partial charge < -0.3 is 9.80 Å². The molecule has 1 atom stereocenters. The number of benzene rings is 1. The number of unbranched alkanes of at least 4 members (excludes halogenated alkanes) is 1. The molecule has 0 N–H and O–H groups in total. The molecule has 1 aromatic heterocycles. The zero-order valence-corrected chi connectivity index (χ0v) is 19.0. The van der Waals surface area contributed by atoms with Crippen molar-refractivity contribution in [3.05, 3.63) is 57.8 Å². The van der Waals surface area contributed by atoms with E-state index in [1.807, 2.05) is 42.2 Å². The lowest BCUT2D eigenvalue weighted by Gasteiger charge is -2.31. The minimum atomic E-state index is 0.00630. The third-order valence-corrected chi connectivity index (χ3v) is 6.37. The van der Waals surface area contributed by atoms with E-state index in [4.69, 9.17) is 0 Å². The highest BCUT2D eigenvalue weighted by atomic mass is 32.1.